The second-order valence-corrected chi connectivity index (χ2v) is 22.2. The number of allylic oxidation sites excluding steroid dienone is 5. The van der Waals surface area contributed by atoms with E-state index in [1.54, 1.807) is 0 Å². The molecular weight excluding hydrogens is 1040 g/mol. The lowest BCUT2D eigenvalue weighted by Gasteiger charge is -2.26. The molecule has 0 N–H and O–H groups in total. The van der Waals surface area contributed by atoms with E-state index in [9.17, 15) is 0 Å². The van der Waals surface area contributed by atoms with Crippen LogP contribution in [0.4, 0.5) is 34.1 Å². The monoisotopic (exact) mass is 1090 g/mol. The zero-order chi connectivity index (χ0) is 56.0. The largest absolute Gasteiger partial charge is 0.453 e. The Morgan fingerprint density at radius 2 is 0.800 bits per heavy atom. The number of para-hydroxylation sites is 8. The lowest BCUT2D eigenvalue weighted by atomic mass is 10.0. The Morgan fingerprint density at radius 3 is 1.33 bits per heavy atom. The number of benzene rings is 12. The molecule has 12 aromatic carbocycles. The van der Waals surface area contributed by atoms with Crippen LogP contribution in [0.1, 0.15) is 12.5 Å². The molecule has 0 amide bonds. The van der Waals surface area contributed by atoms with Gasteiger partial charge in [0.25, 0.3) is 0 Å². The van der Waals surface area contributed by atoms with Crippen molar-refractivity contribution in [2.75, 3.05) is 9.80 Å². The van der Waals surface area contributed by atoms with Crippen molar-refractivity contribution in [2.45, 2.75) is 6.92 Å². The van der Waals surface area contributed by atoms with Gasteiger partial charge in [-0.05, 0) is 90.9 Å². The van der Waals surface area contributed by atoms with Gasteiger partial charge in [-0.15, -0.1) is 0 Å². The summed E-state index contributed by atoms with van der Waals surface area (Å²) in [5.41, 5.74) is 21.0. The maximum absolute atomic E-state index is 7.14. The van der Waals surface area contributed by atoms with Gasteiger partial charge in [-0.25, -0.2) is 0 Å². The number of hydrogen-bond donors (Lipinski definition) is 0. The van der Waals surface area contributed by atoms with Gasteiger partial charge in [0, 0.05) is 87.1 Å². The summed E-state index contributed by atoms with van der Waals surface area (Å²) >= 11 is 0. The molecule has 0 bridgehead atoms. The first-order valence-corrected chi connectivity index (χ1v) is 29.1. The maximum atomic E-state index is 7.14. The van der Waals surface area contributed by atoms with Crippen molar-refractivity contribution in [3.8, 4) is 11.1 Å². The van der Waals surface area contributed by atoms with Gasteiger partial charge >= 0.3 is 0 Å². The fraction of sp³-hybridized carbons (Fsp3) is 0.0127. The molecule has 18 rings (SSSR count). The van der Waals surface area contributed by atoms with E-state index in [-0.39, 0.29) is 0 Å². The third-order valence-electron chi connectivity index (χ3n) is 17.9. The van der Waals surface area contributed by atoms with Gasteiger partial charge in [0.15, 0.2) is 11.2 Å². The Balaban J connectivity index is 0.851. The molecule has 0 spiro atoms. The predicted octanol–water partition coefficient (Wildman–Crippen LogP) is 22.5. The van der Waals surface area contributed by atoms with Crippen LogP contribution in [0.5, 0.6) is 0 Å². The Bertz CT molecular complexity index is 5820. The van der Waals surface area contributed by atoms with E-state index in [0.29, 0.717) is 0 Å². The highest BCUT2D eigenvalue weighted by Gasteiger charge is 2.29. The molecule has 6 nitrogen and oxygen atoms in total. The summed E-state index contributed by atoms with van der Waals surface area (Å²) in [5, 5.41) is 13.9. The molecule has 398 valence electrons. The van der Waals surface area contributed by atoms with E-state index in [0.717, 1.165) is 111 Å². The zero-order valence-corrected chi connectivity index (χ0v) is 46.3. The highest BCUT2D eigenvalue weighted by Crippen LogP contribution is 2.52. The van der Waals surface area contributed by atoms with Crippen molar-refractivity contribution in [1.82, 2.24) is 8.80 Å². The summed E-state index contributed by atoms with van der Waals surface area (Å²) < 4.78 is 19.3. The minimum atomic E-state index is 0.832. The van der Waals surface area contributed by atoms with Crippen LogP contribution in [0.3, 0.4) is 0 Å². The van der Waals surface area contributed by atoms with Crippen molar-refractivity contribution >= 4 is 160 Å². The van der Waals surface area contributed by atoms with Gasteiger partial charge in [0.05, 0.1) is 55.8 Å². The summed E-state index contributed by atoms with van der Waals surface area (Å²) in [7, 11) is 0. The second kappa shape index (κ2) is 18.1. The van der Waals surface area contributed by atoms with Crippen LogP contribution in [0.15, 0.2) is 288 Å². The molecule has 18 aromatic rings. The lowest BCUT2D eigenvalue weighted by Crippen LogP contribution is -2.10. The molecule has 0 saturated carbocycles. The first-order valence-electron chi connectivity index (χ1n) is 29.1. The van der Waals surface area contributed by atoms with Gasteiger partial charge in [0.2, 0.25) is 0 Å². The average molecular weight is 1090 g/mol. The number of anilines is 6. The van der Waals surface area contributed by atoms with E-state index in [2.05, 4.69) is 293 Å². The zero-order valence-electron chi connectivity index (χ0n) is 46.3. The highest BCUT2D eigenvalue weighted by molar-refractivity contribution is 6.32. The van der Waals surface area contributed by atoms with E-state index >= 15 is 0 Å². The van der Waals surface area contributed by atoms with Crippen LogP contribution in [0, 0.1) is 0 Å². The molecule has 85 heavy (non-hydrogen) atoms. The number of fused-ring (bicyclic) bond motifs is 18. The number of hydrogen-bond acceptors (Lipinski definition) is 4. The quantitative estimate of drug-likeness (QED) is 0.128. The van der Waals surface area contributed by atoms with Crippen molar-refractivity contribution in [2.24, 2.45) is 0 Å². The van der Waals surface area contributed by atoms with Gasteiger partial charge in [-0.1, -0.05) is 207 Å². The van der Waals surface area contributed by atoms with Crippen LogP contribution in [-0.2, 0) is 0 Å². The summed E-state index contributed by atoms with van der Waals surface area (Å²) in [6, 6.07) is 90.2. The Kier molecular flexibility index (Phi) is 10.1. The molecule has 0 aliphatic carbocycles. The molecule has 6 heteroatoms. The molecule has 6 heterocycles. The average Bonchev–Trinajstić information content (AvgIpc) is 1.60. The lowest BCUT2D eigenvalue weighted by molar-refractivity contribution is 0.668. The first-order chi connectivity index (χ1) is 42.1. The normalized spacial score (nSPS) is 12.6. The van der Waals surface area contributed by atoms with E-state index < -0.39 is 0 Å². The third-order valence-corrected chi connectivity index (χ3v) is 17.9. The SMILES string of the molecule is C=C/C=C\C(=C/C)c1cccc2c1oc1c(N(c3ccccc3)c3cccc4c3c3cccc5c6cc7c(cc6n4c53)c3cccc4c5c(N(c6ccccc6)c6cccc8c6oc6c(-c9ccccc9)cccc68)cccc5n7c34)cccc12. The minimum Gasteiger partial charge on any atom is -0.453 e. The van der Waals surface area contributed by atoms with Crippen molar-refractivity contribution in [3.63, 3.8) is 0 Å². The van der Waals surface area contributed by atoms with Crippen molar-refractivity contribution < 1.29 is 8.83 Å². The molecule has 0 radical (unpaired) electrons. The summed E-state index contributed by atoms with van der Waals surface area (Å²) in [4.78, 5) is 4.80. The topological polar surface area (TPSA) is 41.6 Å². The molecule has 0 aliphatic rings. The fourth-order valence-electron chi connectivity index (χ4n) is 14.4. The van der Waals surface area contributed by atoms with Gasteiger partial charge in [0.1, 0.15) is 11.2 Å². The van der Waals surface area contributed by atoms with Gasteiger partial charge in [-0.2, -0.15) is 0 Å². The molecule has 0 atom stereocenters. The number of rotatable bonds is 10. The molecule has 0 aliphatic heterocycles. The van der Waals surface area contributed by atoms with E-state index in [1.165, 1.54) is 65.2 Å². The smallest absolute Gasteiger partial charge is 0.159 e. The summed E-state index contributed by atoms with van der Waals surface area (Å²) in [6.07, 6.45) is 8.01. The fourth-order valence-corrected chi connectivity index (χ4v) is 14.4. The standard InChI is InChI=1S/C79H50N4O2/c1-3-5-23-48(4-2)52-30-15-34-56-58-36-19-44-68(78(58)84-76(52)56)80(50-26-11-7-12-27-50)64-40-21-42-66-72(64)60-38-17-32-54-62-47-71-63(46-70(62)82(66)74(54)60)55-33-18-39-61-73-65(41-22-43-67(73)83(71)75(55)61)81(51-28-13-8-14-29-51)69-45-20-37-59-57-35-16-31-53(77(57)85-79(59)69)49-24-9-6-10-25-49/h3-47H,1H2,2H3/b23-5-,48-4+. The van der Waals surface area contributed by atoms with Crippen molar-refractivity contribution in [1.29, 1.82) is 0 Å². The minimum absolute atomic E-state index is 0.832. The van der Waals surface area contributed by atoms with Crippen LogP contribution in [0.25, 0.3) is 137 Å². The van der Waals surface area contributed by atoms with Crippen LogP contribution in [-0.4, -0.2) is 8.80 Å². The molecule has 0 unspecified atom stereocenters. The maximum Gasteiger partial charge on any atom is 0.159 e. The van der Waals surface area contributed by atoms with Gasteiger partial charge < -0.3 is 27.4 Å². The predicted molar refractivity (Wildman–Crippen MR) is 358 cm³/mol. The highest BCUT2D eigenvalue weighted by atomic mass is 16.3. The van der Waals surface area contributed by atoms with E-state index in [1.807, 2.05) is 12.2 Å². The number of aromatic nitrogens is 2. The number of nitrogens with zero attached hydrogens (tertiary/aromatic N) is 4. The molecule has 0 fully saturated rings. The van der Waals surface area contributed by atoms with E-state index in [4.69, 9.17) is 8.83 Å². The van der Waals surface area contributed by atoms with Gasteiger partial charge in [-0.3, -0.25) is 0 Å². The summed E-state index contributed by atoms with van der Waals surface area (Å²) in [5.74, 6) is 0. The number of furan rings is 2. The Morgan fingerprint density at radius 1 is 0.376 bits per heavy atom. The first kappa shape index (κ1) is 47.3. The molecular formula is C79H50N4O2. The van der Waals surface area contributed by atoms with Crippen molar-refractivity contribution in [3.05, 3.63) is 285 Å². The Labute approximate surface area is 487 Å². The molecule has 6 aromatic heterocycles. The summed E-state index contributed by atoms with van der Waals surface area (Å²) in [6.45, 7) is 6.00. The third kappa shape index (κ3) is 6.59. The van der Waals surface area contributed by atoms with Crippen LogP contribution >= 0.6 is 0 Å². The Hall–Kier alpha value is -11.3. The van der Waals surface area contributed by atoms with Crippen LogP contribution in [0.2, 0.25) is 0 Å². The van der Waals surface area contributed by atoms with Crippen LogP contribution < -0.4 is 9.80 Å². The molecule has 0 saturated heterocycles. The second-order valence-electron chi connectivity index (χ2n) is 22.2.